The number of methoxy groups -OCH3 is 2. The molecule has 0 bridgehead atoms. The van der Waals surface area contributed by atoms with Crippen LogP contribution in [0.3, 0.4) is 0 Å². The third kappa shape index (κ3) is 2.39. The Bertz CT molecular complexity index is 402. The van der Waals surface area contributed by atoms with Crippen LogP contribution in [0.5, 0.6) is 11.5 Å². The van der Waals surface area contributed by atoms with Gasteiger partial charge in [-0.05, 0) is 30.0 Å². The van der Waals surface area contributed by atoms with Crippen LogP contribution in [0, 0.1) is 5.92 Å². The van der Waals surface area contributed by atoms with Crippen molar-refractivity contribution in [2.75, 3.05) is 14.2 Å². The summed E-state index contributed by atoms with van der Waals surface area (Å²) in [5.74, 6) is 1.91. The van der Waals surface area contributed by atoms with Crippen LogP contribution in [-0.2, 0) is 6.42 Å². The third-order valence-electron chi connectivity index (χ3n) is 3.65. The van der Waals surface area contributed by atoms with Crippen molar-refractivity contribution in [1.29, 1.82) is 0 Å². The van der Waals surface area contributed by atoms with Crippen LogP contribution in [0.25, 0.3) is 0 Å². The molecule has 0 aliphatic heterocycles. The fraction of sp³-hybridized carbons (Fsp3) is 0.571. The molecule has 17 heavy (non-hydrogen) atoms. The molecule has 1 saturated carbocycles. The van der Waals surface area contributed by atoms with E-state index in [1.165, 1.54) is 0 Å². The fourth-order valence-electron chi connectivity index (χ4n) is 2.45. The molecule has 3 heteroatoms. The molecule has 0 aromatic heterocycles. The highest BCUT2D eigenvalue weighted by atomic mass is 16.5. The molecule has 1 aromatic rings. The van der Waals surface area contributed by atoms with Gasteiger partial charge in [0.25, 0.3) is 0 Å². The highest BCUT2D eigenvalue weighted by Gasteiger charge is 2.51. The lowest BCUT2D eigenvalue weighted by atomic mass is 10.0. The molecule has 0 saturated heterocycles. The Morgan fingerprint density at radius 3 is 2.53 bits per heavy atom. The number of ether oxygens (including phenoxy) is 2. The first kappa shape index (κ1) is 12.2. The van der Waals surface area contributed by atoms with Gasteiger partial charge in [0.15, 0.2) is 11.5 Å². The van der Waals surface area contributed by atoms with Crippen LogP contribution in [0.2, 0.25) is 0 Å². The van der Waals surface area contributed by atoms with Crippen LogP contribution in [0.15, 0.2) is 18.2 Å². The van der Waals surface area contributed by atoms with Crippen LogP contribution in [0.1, 0.15) is 25.3 Å². The van der Waals surface area contributed by atoms with Gasteiger partial charge in [-0.2, -0.15) is 0 Å². The molecule has 1 aromatic carbocycles. The number of rotatable bonds is 5. The van der Waals surface area contributed by atoms with Crippen molar-refractivity contribution in [3.05, 3.63) is 23.8 Å². The Morgan fingerprint density at radius 2 is 2.00 bits per heavy atom. The standard InChI is InChI=1S/C14H20O3/c1-4-11-9-14(11,15)8-10-5-6-12(16-2)13(7-10)17-3/h5-7,11,15H,4,8-9H2,1-3H3. The lowest BCUT2D eigenvalue weighted by Crippen LogP contribution is -2.14. The van der Waals surface area contributed by atoms with Crippen molar-refractivity contribution < 1.29 is 14.6 Å². The molecule has 3 nitrogen and oxygen atoms in total. The highest BCUT2D eigenvalue weighted by molar-refractivity contribution is 5.43. The van der Waals surface area contributed by atoms with Crippen LogP contribution >= 0.6 is 0 Å². The van der Waals surface area contributed by atoms with Crippen LogP contribution < -0.4 is 9.47 Å². The number of aliphatic hydroxyl groups is 1. The Morgan fingerprint density at radius 1 is 1.29 bits per heavy atom. The smallest absolute Gasteiger partial charge is 0.160 e. The predicted molar refractivity (Wildman–Crippen MR) is 66.6 cm³/mol. The first-order valence-corrected chi connectivity index (χ1v) is 6.06. The van der Waals surface area contributed by atoms with Gasteiger partial charge in [0.2, 0.25) is 0 Å². The molecule has 1 aliphatic carbocycles. The maximum Gasteiger partial charge on any atom is 0.160 e. The van der Waals surface area contributed by atoms with Gasteiger partial charge in [0.05, 0.1) is 19.8 Å². The van der Waals surface area contributed by atoms with Crippen molar-refractivity contribution in [2.45, 2.75) is 31.8 Å². The van der Waals surface area contributed by atoms with Crippen LogP contribution in [0.4, 0.5) is 0 Å². The maximum atomic E-state index is 10.3. The first-order valence-electron chi connectivity index (χ1n) is 6.06. The molecule has 2 rings (SSSR count). The zero-order chi connectivity index (χ0) is 12.5. The van der Waals surface area contributed by atoms with Gasteiger partial charge >= 0.3 is 0 Å². The Balaban J connectivity index is 2.12. The summed E-state index contributed by atoms with van der Waals surface area (Å²) in [6, 6.07) is 5.83. The quantitative estimate of drug-likeness (QED) is 0.853. The van der Waals surface area contributed by atoms with Gasteiger partial charge in [-0.3, -0.25) is 0 Å². The second-order valence-corrected chi connectivity index (χ2v) is 4.78. The second-order valence-electron chi connectivity index (χ2n) is 4.78. The lowest BCUT2D eigenvalue weighted by molar-refractivity contribution is 0.130. The molecule has 2 unspecified atom stereocenters. The van der Waals surface area contributed by atoms with E-state index in [4.69, 9.17) is 9.47 Å². The molecule has 0 amide bonds. The van der Waals surface area contributed by atoms with Gasteiger partial charge in [-0.15, -0.1) is 0 Å². The van der Waals surface area contributed by atoms with E-state index in [-0.39, 0.29) is 0 Å². The van der Waals surface area contributed by atoms with Gasteiger partial charge in [-0.25, -0.2) is 0 Å². The molecule has 0 spiro atoms. The summed E-state index contributed by atoms with van der Waals surface area (Å²) < 4.78 is 10.5. The SMILES string of the molecule is CCC1CC1(O)Cc1ccc(OC)c(OC)c1. The Kier molecular flexibility index (Phi) is 3.29. The summed E-state index contributed by atoms with van der Waals surface area (Å²) in [6.07, 6.45) is 2.66. The summed E-state index contributed by atoms with van der Waals surface area (Å²) in [5, 5.41) is 10.3. The molecular formula is C14H20O3. The van der Waals surface area contributed by atoms with Crippen molar-refractivity contribution in [3.63, 3.8) is 0 Å². The van der Waals surface area contributed by atoms with Crippen molar-refractivity contribution in [3.8, 4) is 11.5 Å². The van der Waals surface area contributed by atoms with Crippen LogP contribution in [-0.4, -0.2) is 24.9 Å². The monoisotopic (exact) mass is 236 g/mol. The van der Waals surface area contributed by atoms with Crippen molar-refractivity contribution >= 4 is 0 Å². The van der Waals surface area contributed by atoms with Crippen molar-refractivity contribution in [1.82, 2.24) is 0 Å². The largest absolute Gasteiger partial charge is 0.493 e. The Hall–Kier alpha value is -1.22. The van der Waals surface area contributed by atoms with E-state index in [9.17, 15) is 5.11 Å². The van der Waals surface area contributed by atoms with Gasteiger partial charge in [0, 0.05) is 6.42 Å². The first-order chi connectivity index (χ1) is 8.12. The van der Waals surface area contributed by atoms with E-state index >= 15 is 0 Å². The fourth-order valence-corrected chi connectivity index (χ4v) is 2.45. The summed E-state index contributed by atoms with van der Waals surface area (Å²) in [4.78, 5) is 0. The minimum atomic E-state index is -0.492. The highest BCUT2D eigenvalue weighted by Crippen LogP contribution is 2.48. The lowest BCUT2D eigenvalue weighted by Gasteiger charge is -2.13. The van der Waals surface area contributed by atoms with Gasteiger partial charge in [-0.1, -0.05) is 19.4 Å². The number of hydrogen-bond acceptors (Lipinski definition) is 3. The molecule has 1 fully saturated rings. The minimum absolute atomic E-state index is 0.454. The summed E-state index contributed by atoms with van der Waals surface area (Å²) >= 11 is 0. The average Bonchev–Trinajstić information content (AvgIpc) is 2.99. The van der Waals surface area contributed by atoms with E-state index in [1.54, 1.807) is 14.2 Å². The van der Waals surface area contributed by atoms with E-state index in [1.807, 2.05) is 18.2 Å². The molecule has 94 valence electrons. The Labute approximate surface area is 102 Å². The van der Waals surface area contributed by atoms with Gasteiger partial charge < -0.3 is 14.6 Å². The molecule has 0 radical (unpaired) electrons. The molecular weight excluding hydrogens is 216 g/mol. The average molecular weight is 236 g/mol. The normalized spacial score (nSPS) is 26.7. The zero-order valence-electron chi connectivity index (χ0n) is 10.7. The molecule has 0 heterocycles. The number of hydrogen-bond donors (Lipinski definition) is 1. The summed E-state index contributed by atoms with van der Waals surface area (Å²) in [6.45, 7) is 2.12. The molecule has 1 N–H and O–H groups in total. The summed E-state index contributed by atoms with van der Waals surface area (Å²) in [5.41, 5.74) is 0.607. The minimum Gasteiger partial charge on any atom is -0.493 e. The van der Waals surface area contributed by atoms with E-state index in [0.29, 0.717) is 12.3 Å². The second kappa shape index (κ2) is 4.57. The topological polar surface area (TPSA) is 38.7 Å². The maximum absolute atomic E-state index is 10.3. The summed E-state index contributed by atoms with van der Waals surface area (Å²) in [7, 11) is 3.25. The van der Waals surface area contributed by atoms with E-state index < -0.39 is 5.60 Å². The van der Waals surface area contributed by atoms with Crippen molar-refractivity contribution in [2.24, 2.45) is 5.92 Å². The van der Waals surface area contributed by atoms with E-state index in [2.05, 4.69) is 6.92 Å². The van der Waals surface area contributed by atoms with E-state index in [0.717, 1.165) is 29.9 Å². The molecule has 2 atom stereocenters. The zero-order valence-corrected chi connectivity index (χ0v) is 10.7. The molecule has 1 aliphatic rings. The van der Waals surface area contributed by atoms with Gasteiger partial charge in [0.1, 0.15) is 0 Å². The third-order valence-corrected chi connectivity index (χ3v) is 3.65. The number of benzene rings is 1. The predicted octanol–water partition coefficient (Wildman–Crippen LogP) is 2.41.